The van der Waals surface area contributed by atoms with Gasteiger partial charge in [0.05, 0.1) is 18.1 Å². The molecule has 25 heavy (non-hydrogen) atoms. The van der Waals surface area contributed by atoms with Gasteiger partial charge in [-0.1, -0.05) is 17.7 Å². The highest BCUT2D eigenvalue weighted by Gasteiger charge is 2.37. The van der Waals surface area contributed by atoms with Crippen molar-refractivity contribution in [3.05, 3.63) is 29.8 Å². The monoisotopic (exact) mass is 388 g/mol. The molecule has 1 rings (SSSR count). The maximum absolute atomic E-state index is 12.8. The number of thioether (sulfide) groups is 1. The highest BCUT2D eigenvalue weighted by atomic mass is 32.3. The summed E-state index contributed by atoms with van der Waals surface area (Å²) in [5, 5.41) is 0. The highest BCUT2D eigenvalue weighted by Crippen LogP contribution is 2.29. The molecule has 1 aromatic rings. The van der Waals surface area contributed by atoms with Crippen molar-refractivity contribution in [2.45, 2.75) is 36.7 Å². The maximum atomic E-state index is 12.8. The maximum Gasteiger partial charge on any atom is 0.320 e. The first-order valence-electron chi connectivity index (χ1n) is 7.94. The minimum absolute atomic E-state index is 0.101. The van der Waals surface area contributed by atoms with Crippen LogP contribution in [0.3, 0.4) is 0 Å². The van der Waals surface area contributed by atoms with Gasteiger partial charge in [0.2, 0.25) is 0 Å². The molecule has 0 spiro atoms. The molecule has 140 valence electrons. The summed E-state index contributed by atoms with van der Waals surface area (Å²) >= 11 is 1.07. The van der Waals surface area contributed by atoms with Crippen molar-refractivity contribution in [3.63, 3.8) is 0 Å². The Hall–Kier alpha value is -1.54. The third kappa shape index (κ3) is 5.74. The number of esters is 2. The molecule has 0 fully saturated rings. The van der Waals surface area contributed by atoms with Crippen LogP contribution >= 0.6 is 11.8 Å². The van der Waals surface area contributed by atoms with E-state index in [1.807, 2.05) is 6.92 Å². The number of benzene rings is 1. The fourth-order valence-electron chi connectivity index (χ4n) is 2.20. The number of hydrogen-bond donors (Lipinski definition) is 0. The molecule has 0 aliphatic carbocycles. The molecule has 1 aromatic carbocycles. The average Bonchev–Trinajstić information content (AvgIpc) is 2.56. The average molecular weight is 389 g/mol. The normalized spacial score (nSPS) is 12.7. The molecule has 0 heterocycles. The van der Waals surface area contributed by atoms with E-state index in [4.69, 9.17) is 9.47 Å². The van der Waals surface area contributed by atoms with E-state index in [0.29, 0.717) is 0 Å². The molecule has 8 heteroatoms. The Bertz CT molecular complexity index is 664. The van der Waals surface area contributed by atoms with Crippen LogP contribution < -0.4 is 0 Å². The van der Waals surface area contributed by atoms with Gasteiger partial charge in [-0.25, -0.2) is 8.42 Å². The van der Waals surface area contributed by atoms with E-state index >= 15 is 0 Å². The van der Waals surface area contributed by atoms with Gasteiger partial charge in [-0.15, -0.1) is 11.8 Å². The van der Waals surface area contributed by atoms with Gasteiger partial charge in [0.15, 0.2) is 15.8 Å². The first kappa shape index (κ1) is 21.5. The molecule has 0 amide bonds. The van der Waals surface area contributed by atoms with Crippen LogP contribution in [0.4, 0.5) is 0 Å². The van der Waals surface area contributed by atoms with Crippen LogP contribution in [-0.4, -0.2) is 44.4 Å². The highest BCUT2D eigenvalue weighted by molar-refractivity contribution is 8.13. The number of sulfone groups is 1. The lowest BCUT2D eigenvalue weighted by molar-refractivity contribution is -0.161. The predicted molar refractivity (Wildman–Crippen MR) is 97.0 cm³/mol. The number of carbonyl (C=O) groups excluding carboxylic acids is 2. The van der Waals surface area contributed by atoms with Gasteiger partial charge in [0.1, 0.15) is 4.58 Å². The van der Waals surface area contributed by atoms with Crippen molar-refractivity contribution >= 4 is 33.5 Å². The van der Waals surface area contributed by atoms with Gasteiger partial charge in [-0.05, 0) is 45.6 Å². The van der Waals surface area contributed by atoms with Crippen LogP contribution in [0, 0.1) is 12.8 Å². The van der Waals surface area contributed by atoms with E-state index in [0.717, 1.165) is 17.3 Å². The standard InChI is InChI=1S/C17H24O6S2/c1-5-22-16(18)14(17(19)23-6-2)11-15(24-4)25(20,21)13-9-7-12(3)8-10-13/h7-10,14-15H,5-6,11H2,1-4H3. The van der Waals surface area contributed by atoms with Crippen molar-refractivity contribution in [2.75, 3.05) is 19.5 Å². The van der Waals surface area contributed by atoms with Gasteiger partial charge in [-0.2, -0.15) is 0 Å². The Labute approximate surface area is 153 Å². The second-order valence-corrected chi connectivity index (χ2v) is 8.79. The van der Waals surface area contributed by atoms with E-state index < -0.39 is 32.3 Å². The molecule has 6 nitrogen and oxygen atoms in total. The predicted octanol–water partition coefficient (Wildman–Crippen LogP) is 2.59. The van der Waals surface area contributed by atoms with E-state index in [1.165, 1.54) is 12.1 Å². The first-order chi connectivity index (χ1) is 11.8. The molecule has 0 bridgehead atoms. The van der Waals surface area contributed by atoms with Crippen molar-refractivity contribution < 1.29 is 27.5 Å². The minimum Gasteiger partial charge on any atom is -0.465 e. The molecule has 0 aliphatic heterocycles. The van der Waals surface area contributed by atoms with Crippen LogP contribution in [0.5, 0.6) is 0 Å². The molecule has 0 saturated carbocycles. The quantitative estimate of drug-likeness (QED) is 0.475. The molecular weight excluding hydrogens is 364 g/mol. The molecule has 0 aliphatic rings. The van der Waals surface area contributed by atoms with Gasteiger partial charge in [0, 0.05) is 0 Å². The summed E-state index contributed by atoms with van der Waals surface area (Å²) in [6, 6.07) is 6.46. The summed E-state index contributed by atoms with van der Waals surface area (Å²) in [6.45, 7) is 5.30. The lowest BCUT2D eigenvalue weighted by Crippen LogP contribution is -2.33. The van der Waals surface area contributed by atoms with E-state index in [-0.39, 0.29) is 24.5 Å². The minimum atomic E-state index is -3.71. The van der Waals surface area contributed by atoms with E-state index in [2.05, 4.69) is 0 Å². The van der Waals surface area contributed by atoms with Gasteiger partial charge >= 0.3 is 11.9 Å². The summed E-state index contributed by atoms with van der Waals surface area (Å²) < 4.78 is 34.5. The fourth-order valence-corrected chi connectivity index (χ4v) is 5.19. The van der Waals surface area contributed by atoms with Gasteiger partial charge in [-0.3, -0.25) is 9.59 Å². The van der Waals surface area contributed by atoms with Gasteiger partial charge in [0.25, 0.3) is 0 Å². The third-order valence-electron chi connectivity index (χ3n) is 3.53. The Morgan fingerprint density at radius 1 is 1.04 bits per heavy atom. The van der Waals surface area contributed by atoms with Crippen molar-refractivity contribution in [2.24, 2.45) is 5.92 Å². The molecule has 1 unspecified atom stereocenters. The Morgan fingerprint density at radius 2 is 1.52 bits per heavy atom. The largest absolute Gasteiger partial charge is 0.465 e. The summed E-state index contributed by atoms with van der Waals surface area (Å²) in [6.07, 6.45) is 1.43. The zero-order valence-corrected chi connectivity index (χ0v) is 16.5. The van der Waals surface area contributed by atoms with E-state index in [1.54, 1.807) is 32.2 Å². The summed E-state index contributed by atoms with van der Waals surface area (Å²) in [7, 11) is -3.71. The van der Waals surface area contributed by atoms with Crippen LogP contribution in [0.25, 0.3) is 0 Å². The summed E-state index contributed by atoms with van der Waals surface area (Å²) in [4.78, 5) is 24.3. The second-order valence-electron chi connectivity index (χ2n) is 5.32. The summed E-state index contributed by atoms with van der Waals surface area (Å²) in [5.74, 6) is -2.80. The van der Waals surface area contributed by atoms with Crippen molar-refractivity contribution in [1.82, 2.24) is 0 Å². The molecule has 0 N–H and O–H groups in total. The van der Waals surface area contributed by atoms with Crippen molar-refractivity contribution in [1.29, 1.82) is 0 Å². The first-order valence-corrected chi connectivity index (χ1v) is 10.8. The molecule has 0 aromatic heterocycles. The third-order valence-corrected chi connectivity index (χ3v) is 7.40. The lowest BCUT2D eigenvalue weighted by atomic mass is 10.1. The van der Waals surface area contributed by atoms with Crippen LogP contribution in [-0.2, 0) is 28.9 Å². The van der Waals surface area contributed by atoms with Gasteiger partial charge < -0.3 is 9.47 Å². The van der Waals surface area contributed by atoms with Crippen molar-refractivity contribution in [3.8, 4) is 0 Å². The fraction of sp³-hybridized carbons (Fsp3) is 0.529. The SMILES string of the molecule is CCOC(=O)C(CC(SC)S(=O)(=O)c1ccc(C)cc1)C(=O)OCC. The number of hydrogen-bond acceptors (Lipinski definition) is 7. The smallest absolute Gasteiger partial charge is 0.320 e. The number of aryl methyl sites for hydroxylation is 1. The van der Waals surface area contributed by atoms with E-state index in [9.17, 15) is 18.0 Å². The Balaban J connectivity index is 3.11. The molecular formula is C17H24O6S2. The zero-order valence-electron chi connectivity index (χ0n) is 14.9. The van der Waals surface area contributed by atoms with Crippen LogP contribution in [0.2, 0.25) is 0 Å². The molecule has 0 radical (unpaired) electrons. The topological polar surface area (TPSA) is 86.7 Å². The lowest BCUT2D eigenvalue weighted by Gasteiger charge is -2.20. The Morgan fingerprint density at radius 3 is 1.92 bits per heavy atom. The second kappa shape index (κ2) is 9.82. The van der Waals surface area contributed by atoms with Crippen LogP contribution in [0.1, 0.15) is 25.8 Å². The Kier molecular flexibility index (Phi) is 8.44. The number of carbonyl (C=O) groups is 2. The number of rotatable bonds is 9. The van der Waals surface area contributed by atoms with Crippen LogP contribution in [0.15, 0.2) is 29.2 Å². The summed E-state index contributed by atoms with van der Waals surface area (Å²) in [5.41, 5.74) is 0.940. The zero-order chi connectivity index (χ0) is 19.0. The number of ether oxygens (including phenoxy) is 2. The molecule has 0 saturated heterocycles. The molecule has 1 atom stereocenters.